The highest BCUT2D eigenvalue weighted by Crippen LogP contribution is 2.23. The Morgan fingerprint density at radius 2 is 2.00 bits per heavy atom. The average Bonchev–Trinajstić information content (AvgIpc) is 2.87. The summed E-state index contributed by atoms with van der Waals surface area (Å²) >= 11 is 0. The lowest BCUT2D eigenvalue weighted by molar-refractivity contribution is 0.102. The number of fused-ring (bicyclic) bond motifs is 1. The van der Waals surface area contributed by atoms with Crippen LogP contribution in [0.15, 0.2) is 18.2 Å². The molecule has 104 valence electrons. The molecule has 0 saturated carbocycles. The van der Waals surface area contributed by atoms with E-state index in [9.17, 15) is 13.6 Å². The summed E-state index contributed by atoms with van der Waals surface area (Å²) in [5.74, 6) is -2.34. The second kappa shape index (κ2) is 5.03. The largest absolute Gasteiger partial charge is 0.320 e. The van der Waals surface area contributed by atoms with Crippen molar-refractivity contribution in [3.63, 3.8) is 0 Å². The van der Waals surface area contributed by atoms with Gasteiger partial charge in [0.25, 0.3) is 5.91 Å². The molecule has 1 aliphatic carbocycles. The molecule has 1 amide bonds. The maximum Gasteiger partial charge on any atom is 0.276 e. The number of hydrogen-bond donors (Lipinski definition) is 2. The molecule has 3 rings (SSSR count). The molecule has 4 nitrogen and oxygen atoms in total. The van der Waals surface area contributed by atoms with Crippen molar-refractivity contribution < 1.29 is 13.6 Å². The summed E-state index contributed by atoms with van der Waals surface area (Å²) in [6.07, 6.45) is 3.81. The van der Waals surface area contributed by atoms with E-state index in [1.165, 1.54) is 6.07 Å². The number of halogens is 2. The van der Waals surface area contributed by atoms with Crippen molar-refractivity contribution in [3.8, 4) is 0 Å². The molecule has 0 spiro atoms. The van der Waals surface area contributed by atoms with E-state index in [-0.39, 0.29) is 5.69 Å². The first-order valence-electron chi connectivity index (χ1n) is 6.47. The summed E-state index contributed by atoms with van der Waals surface area (Å²) in [7, 11) is 0. The Hall–Kier alpha value is -2.24. The molecule has 0 atom stereocenters. The van der Waals surface area contributed by atoms with Gasteiger partial charge in [-0.25, -0.2) is 8.78 Å². The summed E-state index contributed by atoms with van der Waals surface area (Å²) in [5, 5.41) is 9.43. The number of nitrogens with one attached hydrogen (secondary N) is 2. The number of aryl methyl sites for hydroxylation is 1. The van der Waals surface area contributed by atoms with Gasteiger partial charge in [0, 0.05) is 23.0 Å². The van der Waals surface area contributed by atoms with Crippen molar-refractivity contribution in [2.24, 2.45) is 0 Å². The smallest absolute Gasteiger partial charge is 0.276 e. The fourth-order valence-corrected chi connectivity index (χ4v) is 2.43. The monoisotopic (exact) mass is 277 g/mol. The van der Waals surface area contributed by atoms with Crippen LogP contribution in [0.3, 0.4) is 0 Å². The molecular formula is C14H13F2N3O. The molecule has 2 N–H and O–H groups in total. The molecule has 0 radical (unpaired) electrons. The standard InChI is InChI=1S/C14H13F2N3O/c15-10-6-5-8(7-11(10)16)17-14(20)13-9-3-1-2-4-12(9)18-19-13/h5-7H,1-4H2,(H,17,20)(H,18,19). The Balaban J connectivity index is 1.82. The van der Waals surface area contributed by atoms with Crippen molar-refractivity contribution in [3.05, 3.63) is 46.8 Å². The van der Waals surface area contributed by atoms with Crippen molar-refractivity contribution in [1.29, 1.82) is 0 Å². The third-order valence-corrected chi connectivity index (χ3v) is 3.45. The maximum atomic E-state index is 13.1. The van der Waals surface area contributed by atoms with Crippen LogP contribution in [0, 0.1) is 11.6 Å². The lowest BCUT2D eigenvalue weighted by Gasteiger charge is -2.11. The third kappa shape index (κ3) is 2.29. The molecule has 1 heterocycles. The van der Waals surface area contributed by atoms with Crippen molar-refractivity contribution >= 4 is 11.6 Å². The van der Waals surface area contributed by atoms with E-state index in [0.717, 1.165) is 49.1 Å². The van der Waals surface area contributed by atoms with Gasteiger partial charge in [-0.3, -0.25) is 9.89 Å². The fraction of sp³-hybridized carbons (Fsp3) is 0.286. The summed E-state index contributed by atoms with van der Waals surface area (Å²) in [4.78, 5) is 12.1. The number of anilines is 1. The second-order valence-corrected chi connectivity index (χ2v) is 4.82. The maximum absolute atomic E-state index is 13.1. The molecule has 0 bridgehead atoms. The predicted molar refractivity (Wildman–Crippen MR) is 69.5 cm³/mol. The zero-order valence-corrected chi connectivity index (χ0v) is 10.7. The van der Waals surface area contributed by atoms with Crippen LogP contribution in [0.2, 0.25) is 0 Å². The molecule has 0 fully saturated rings. The number of H-pyrrole nitrogens is 1. The zero-order chi connectivity index (χ0) is 14.1. The van der Waals surface area contributed by atoms with Crippen LogP contribution in [0.1, 0.15) is 34.6 Å². The van der Waals surface area contributed by atoms with Gasteiger partial charge in [-0.05, 0) is 37.8 Å². The fourth-order valence-electron chi connectivity index (χ4n) is 2.43. The highest BCUT2D eigenvalue weighted by molar-refractivity contribution is 6.04. The summed E-state index contributed by atoms with van der Waals surface area (Å²) in [6, 6.07) is 3.24. The first-order chi connectivity index (χ1) is 9.65. The molecule has 1 aromatic heterocycles. The zero-order valence-electron chi connectivity index (χ0n) is 10.7. The van der Waals surface area contributed by atoms with Crippen molar-refractivity contribution in [2.45, 2.75) is 25.7 Å². The van der Waals surface area contributed by atoms with Crippen LogP contribution in [0.25, 0.3) is 0 Å². The average molecular weight is 277 g/mol. The van der Waals surface area contributed by atoms with E-state index in [4.69, 9.17) is 0 Å². The van der Waals surface area contributed by atoms with Gasteiger partial charge in [-0.1, -0.05) is 0 Å². The minimum Gasteiger partial charge on any atom is -0.320 e. The molecule has 20 heavy (non-hydrogen) atoms. The number of nitrogens with zero attached hydrogens (tertiary/aromatic N) is 1. The second-order valence-electron chi connectivity index (χ2n) is 4.82. The van der Waals surface area contributed by atoms with Gasteiger partial charge in [0.15, 0.2) is 17.3 Å². The predicted octanol–water partition coefficient (Wildman–Crippen LogP) is 2.82. The first-order valence-corrected chi connectivity index (χ1v) is 6.47. The molecule has 0 saturated heterocycles. The van der Waals surface area contributed by atoms with Gasteiger partial charge in [0.05, 0.1) is 0 Å². The van der Waals surface area contributed by atoms with Gasteiger partial charge in [-0.15, -0.1) is 0 Å². The Labute approximate surface area is 114 Å². The van der Waals surface area contributed by atoms with E-state index in [2.05, 4.69) is 15.5 Å². The van der Waals surface area contributed by atoms with Crippen molar-refractivity contribution in [1.82, 2.24) is 10.2 Å². The van der Waals surface area contributed by atoms with E-state index < -0.39 is 17.5 Å². The SMILES string of the molecule is O=C(Nc1ccc(F)c(F)c1)c1n[nH]c2c1CCCC2. The van der Waals surface area contributed by atoms with Crippen LogP contribution in [-0.4, -0.2) is 16.1 Å². The third-order valence-electron chi connectivity index (χ3n) is 3.45. The Morgan fingerprint density at radius 1 is 1.20 bits per heavy atom. The van der Waals surface area contributed by atoms with E-state index in [1.807, 2.05) is 0 Å². The lowest BCUT2D eigenvalue weighted by atomic mass is 9.96. The topological polar surface area (TPSA) is 57.8 Å². The molecule has 6 heteroatoms. The van der Waals surface area contributed by atoms with Crippen molar-refractivity contribution in [2.75, 3.05) is 5.32 Å². The summed E-state index contributed by atoms with van der Waals surface area (Å²) in [5.41, 5.74) is 2.47. The van der Waals surface area contributed by atoms with Gasteiger partial charge in [0.2, 0.25) is 0 Å². The minimum absolute atomic E-state index is 0.210. The molecular weight excluding hydrogens is 264 g/mol. The van der Waals surface area contributed by atoms with Crippen LogP contribution in [0.5, 0.6) is 0 Å². The number of aromatic amines is 1. The number of benzene rings is 1. The number of rotatable bonds is 2. The minimum atomic E-state index is -0.994. The van der Waals surface area contributed by atoms with E-state index >= 15 is 0 Å². The molecule has 1 aromatic carbocycles. The van der Waals surface area contributed by atoms with Crippen LogP contribution >= 0.6 is 0 Å². The number of carbonyl (C=O) groups is 1. The normalized spacial score (nSPS) is 13.9. The molecule has 2 aromatic rings. The summed E-state index contributed by atoms with van der Waals surface area (Å²) < 4.78 is 25.9. The molecule has 1 aliphatic rings. The van der Waals surface area contributed by atoms with Gasteiger partial charge in [0.1, 0.15) is 0 Å². The summed E-state index contributed by atoms with van der Waals surface area (Å²) in [6.45, 7) is 0. The van der Waals surface area contributed by atoms with Crippen LogP contribution < -0.4 is 5.32 Å². The number of carbonyl (C=O) groups excluding carboxylic acids is 1. The molecule has 0 unspecified atom stereocenters. The van der Waals surface area contributed by atoms with E-state index in [1.54, 1.807) is 0 Å². The quantitative estimate of drug-likeness (QED) is 0.886. The van der Waals surface area contributed by atoms with Gasteiger partial charge >= 0.3 is 0 Å². The van der Waals surface area contributed by atoms with Crippen LogP contribution in [-0.2, 0) is 12.8 Å². The highest BCUT2D eigenvalue weighted by atomic mass is 19.2. The highest BCUT2D eigenvalue weighted by Gasteiger charge is 2.21. The van der Waals surface area contributed by atoms with Gasteiger partial charge < -0.3 is 5.32 Å². The van der Waals surface area contributed by atoms with Crippen LogP contribution in [0.4, 0.5) is 14.5 Å². The Bertz CT molecular complexity index is 666. The Kier molecular flexibility index (Phi) is 3.22. The number of aromatic nitrogens is 2. The number of hydrogen-bond acceptors (Lipinski definition) is 2. The number of amides is 1. The Morgan fingerprint density at radius 3 is 2.80 bits per heavy atom. The van der Waals surface area contributed by atoms with E-state index in [0.29, 0.717) is 5.69 Å². The van der Waals surface area contributed by atoms with Gasteiger partial charge in [-0.2, -0.15) is 5.10 Å². The lowest BCUT2D eigenvalue weighted by Crippen LogP contribution is -2.15. The first kappa shape index (κ1) is 12.8. The molecule has 0 aliphatic heterocycles.